The number of aromatic nitrogens is 2. The zero-order valence-corrected chi connectivity index (χ0v) is 12.2. The number of rotatable bonds is 7. The lowest BCUT2D eigenvalue weighted by atomic mass is 10.1. The predicted molar refractivity (Wildman–Crippen MR) is 79.2 cm³/mol. The minimum Gasteiger partial charge on any atom is -0.496 e. The lowest BCUT2D eigenvalue weighted by Gasteiger charge is -2.08. The van der Waals surface area contributed by atoms with E-state index >= 15 is 0 Å². The molecule has 0 bridgehead atoms. The molecule has 0 atom stereocenters. The Bertz CT molecular complexity index is 537. The lowest BCUT2D eigenvalue weighted by Crippen LogP contribution is -2.15. The molecule has 5 nitrogen and oxygen atoms in total. The first-order valence-corrected chi connectivity index (χ1v) is 6.67. The average Bonchev–Trinajstić information content (AvgIpc) is 2.92. The molecule has 0 saturated heterocycles. The van der Waals surface area contributed by atoms with Gasteiger partial charge in [0.2, 0.25) is 5.88 Å². The molecule has 2 aromatic rings. The average molecular weight is 275 g/mol. The Labute approximate surface area is 119 Å². The molecule has 0 saturated carbocycles. The number of methoxy groups -OCH3 is 1. The van der Waals surface area contributed by atoms with Gasteiger partial charge in [0.05, 0.1) is 19.4 Å². The zero-order chi connectivity index (χ0) is 14.4. The molecule has 0 radical (unpaired) electrons. The summed E-state index contributed by atoms with van der Waals surface area (Å²) in [6, 6.07) is 9.72. The molecule has 0 amide bonds. The van der Waals surface area contributed by atoms with Gasteiger partial charge < -0.3 is 14.4 Å². The normalized spacial score (nSPS) is 10.8. The van der Waals surface area contributed by atoms with Crippen molar-refractivity contribution < 1.29 is 9.47 Å². The predicted octanol–water partition coefficient (Wildman–Crippen LogP) is 2.42. The molecule has 1 N–H and O–H groups in total. The molecule has 1 aromatic carbocycles. The van der Waals surface area contributed by atoms with Crippen LogP contribution >= 0.6 is 0 Å². The third kappa shape index (κ3) is 3.74. The second-order valence-corrected chi connectivity index (χ2v) is 4.83. The topological polar surface area (TPSA) is 50.4 Å². The number of benzene rings is 1. The van der Waals surface area contributed by atoms with E-state index in [1.807, 2.05) is 44.4 Å². The van der Waals surface area contributed by atoms with Crippen LogP contribution in [0.4, 0.5) is 0 Å². The second-order valence-electron chi connectivity index (χ2n) is 4.83. The molecule has 0 aliphatic carbocycles. The van der Waals surface area contributed by atoms with Gasteiger partial charge in [-0.25, -0.2) is 0 Å². The Balaban J connectivity index is 1.98. The highest BCUT2D eigenvalue weighted by Crippen LogP contribution is 2.29. The van der Waals surface area contributed by atoms with Crippen molar-refractivity contribution in [1.29, 1.82) is 0 Å². The number of hydrogen-bond donors (Lipinski definition) is 1. The second kappa shape index (κ2) is 6.96. The molecule has 108 valence electrons. The number of H-pyrrole nitrogens is 1. The lowest BCUT2D eigenvalue weighted by molar-refractivity contribution is 0.273. The summed E-state index contributed by atoms with van der Waals surface area (Å²) in [5.41, 5.74) is 1.87. The number of nitrogens with one attached hydrogen (secondary N) is 1. The van der Waals surface area contributed by atoms with Gasteiger partial charge in [0.1, 0.15) is 5.75 Å². The van der Waals surface area contributed by atoms with Crippen LogP contribution in [0.1, 0.15) is 6.42 Å². The number of ether oxygens (including phenoxy) is 2. The molecular weight excluding hydrogens is 254 g/mol. The van der Waals surface area contributed by atoms with Crippen LogP contribution in [-0.2, 0) is 0 Å². The minimum absolute atomic E-state index is 0.615. The molecule has 0 unspecified atom stereocenters. The van der Waals surface area contributed by atoms with Crippen molar-refractivity contribution >= 4 is 0 Å². The fourth-order valence-corrected chi connectivity index (χ4v) is 1.94. The van der Waals surface area contributed by atoms with Crippen LogP contribution < -0.4 is 9.47 Å². The van der Waals surface area contributed by atoms with Crippen molar-refractivity contribution in [3.63, 3.8) is 0 Å². The van der Waals surface area contributed by atoms with Gasteiger partial charge in [-0.15, -0.1) is 5.10 Å². The molecule has 20 heavy (non-hydrogen) atoms. The zero-order valence-electron chi connectivity index (χ0n) is 12.2. The molecule has 0 spiro atoms. The van der Waals surface area contributed by atoms with Crippen molar-refractivity contribution in [3.8, 4) is 22.9 Å². The quantitative estimate of drug-likeness (QED) is 0.788. The van der Waals surface area contributed by atoms with Crippen LogP contribution in [0.25, 0.3) is 11.3 Å². The minimum atomic E-state index is 0.615. The number of hydrogen-bond acceptors (Lipinski definition) is 4. The summed E-state index contributed by atoms with van der Waals surface area (Å²) in [6.07, 6.45) is 0.976. The standard InChI is InChI=1S/C15H21N3O2/c1-18(2)9-6-10-20-15-11-13(16-17-15)12-7-4-5-8-14(12)19-3/h4-5,7-8,11H,6,9-10H2,1-3H3,(H,16,17). The van der Waals surface area contributed by atoms with Crippen LogP contribution in [-0.4, -0.2) is 49.5 Å². The van der Waals surface area contributed by atoms with Gasteiger partial charge >= 0.3 is 0 Å². The summed E-state index contributed by atoms with van der Waals surface area (Å²) < 4.78 is 11.0. The van der Waals surface area contributed by atoms with E-state index in [1.165, 1.54) is 0 Å². The molecule has 0 aliphatic rings. The summed E-state index contributed by atoms with van der Waals surface area (Å²) in [5, 5.41) is 7.15. The van der Waals surface area contributed by atoms with E-state index in [4.69, 9.17) is 9.47 Å². The maximum Gasteiger partial charge on any atom is 0.233 e. The molecule has 0 fully saturated rings. The van der Waals surface area contributed by atoms with E-state index in [2.05, 4.69) is 15.1 Å². The van der Waals surface area contributed by atoms with Gasteiger partial charge in [-0.3, -0.25) is 5.10 Å². The first kappa shape index (κ1) is 14.4. The van der Waals surface area contributed by atoms with Crippen LogP contribution in [0.3, 0.4) is 0 Å². The van der Waals surface area contributed by atoms with Crippen LogP contribution in [0.2, 0.25) is 0 Å². The van der Waals surface area contributed by atoms with Gasteiger partial charge in [0, 0.05) is 18.2 Å². The van der Waals surface area contributed by atoms with Crippen molar-refractivity contribution in [3.05, 3.63) is 30.3 Å². The van der Waals surface area contributed by atoms with Gasteiger partial charge in [0.15, 0.2) is 0 Å². The van der Waals surface area contributed by atoms with Crippen molar-refractivity contribution in [2.24, 2.45) is 0 Å². The van der Waals surface area contributed by atoms with E-state index in [0.29, 0.717) is 12.5 Å². The molecule has 1 aromatic heterocycles. The number of nitrogens with zero attached hydrogens (tertiary/aromatic N) is 2. The Morgan fingerprint density at radius 2 is 2.05 bits per heavy atom. The van der Waals surface area contributed by atoms with Crippen molar-refractivity contribution in [2.75, 3.05) is 34.4 Å². The first-order valence-electron chi connectivity index (χ1n) is 6.67. The maximum atomic E-state index is 5.62. The highest BCUT2D eigenvalue weighted by Gasteiger charge is 2.09. The third-order valence-electron chi connectivity index (χ3n) is 2.95. The van der Waals surface area contributed by atoms with Crippen LogP contribution in [0.15, 0.2) is 30.3 Å². The van der Waals surface area contributed by atoms with E-state index in [9.17, 15) is 0 Å². The van der Waals surface area contributed by atoms with Crippen LogP contribution in [0, 0.1) is 0 Å². The van der Waals surface area contributed by atoms with E-state index < -0.39 is 0 Å². The van der Waals surface area contributed by atoms with Gasteiger partial charge in [-0.05, 0) is 32.6 Å². The highest BCUT2D eigenvalue weighted by molar-refractivity contribution is 5.67. The first-order chi connectivity index (χ1) is 9.70. The molecule has 0 aliphatic heterocycles. The Kier molecular flexibility index (Phi) is 5.01. The van der Waals surface area contributed by atoms with E-state index in [-0.39, 0.29) is 0 Å². The summed E-state index contributed by atoms with van der Waals surface area (Å²) in [5.74, 6) is 1.43. The summed E-state index contributed by atoms with van der Waals surface area (Å²) >= 11 is 0. The van der Waals surface area contributed by atoms with Gasteiger partial charge in [-0.1, -0.05) is 12.1 Å². The number of aromatic amines is 1. The molecule has 1 heterocycles. The van der Waals surface area contributed by atoms with Crippen molar-refractivity contribution in [2.45, 2.75) is 6.42 Å². The summed E-state index contributed by atoms with van der Waals surface area (Å²) in [7, 11) is 5.76. The Morgan fingerprint density at radius 3 is 2.80 bits per heavy atom. The summed E-state index contributed by atoms with van der Waals surface area (Å²) in [6.45, 7) is 1.66. The van der Waals surface area contributed by atoms with Crippen molar-refractivity contribution in [1.82, 2.24) is 15.1 Å². The van der Waals surface area contributed by atoms with Gasteiger partial charge in [0.25, 0.3) is 0 Å². The SMILES string of the molecule is COc1ccccc1-c1cc(OCCCN(C)C)n[nH]1. The van der Waals surface area contributed by atoms with E-state index in [0.717, 1.165) is 30.0 Å². The fraction of sp³-hybridized carbons (Fsp3) is 0.400. The van der Waals surface area contributed by atoms with Crippen LogP contribution in [0.5, 0.6) is 11.6 Å². The Morgan fingerprint density at radius 1 is 1.25 bits per heavy atom. The smallest absolute Gasteiger partial charge is 0.233 e. The molecular formula is C15H21N3O2. The molecule has 2 rings (SSSR count). The molecule has 5 heteroatoms. The Hall–Kier alpha value is -2.01. The third-order valence-corrected chi connectivity index (χ3v) is 2.95. The van der Waals surface area contributed by atoms with Gasteiger partial charge in [-0.2, -0.15) is 0 Å². The highest BCUT2D eigenvalue weighted by atomic mass is 16.5. The maximum absolute atomic E-state index is 5.62. The van der Waals surface area contributed by atoms with E-state index in [1.54, 1.807) is 7.11 Å². The monoisotopic (exact) mass is 275 g/mol. The fourth-order valence-electron chi connectivity index (χ4n) is 1.94. The summed E-state index contributed by atoms with van der Waals surface area (Å²) in [4.78, 5) is 2.13. The largest absolute Gasteiger partial charge is 0.496 e. The number of para-hydroxylation sites is 1.